The van der Waals surface area contributed by atoms with Crippen LogP contribution in [0.5, 0.6) is 0 Å². The van der Waals surface area contributed by atoms with Crippen LogP contribution in [0.15, 0.2) is 78.9 Å². The van der Waals surface area contributed by atoms with E-state index >= 15 is 0 Å². The first-order valence-electron chi connectivity index (χ1n) is 11.7. The number of benzene rings is 3. The topological polar surface area (TPSA) is 90.0 Å². The van der Waals surface area contributed by atoms with E-state index in [4.69, 9.17) is 0 Å². The van der Waals surface area contributed by atoms with Gasteiger partial charge in [0.25, 0.3) is 5.91 Å². The predicted octanol–water partition coefficient (Wildman–Crippen LogP) is 3.00. The van der Waals surface area contributed by atoms with Crippen molar-refractivity contribution in [1.82, 2.24) is 10.2 Å². The standard InChI is InChI=1S/C28H29N3O4/c1-20(33)21-11-13-25(14-12-21)30-15-17-31(18-16-30)28(35)26(19-32)29-27(34)24-9-7-23(8-10-24)22-5-3-2-4-6-22/h2-14,26,32H,15-19H2,1H3,(H,29,34). The van der Waals surface area contributed by atoms with Crippen LogP contribution >= 0.6 is 0 Å². The fourth-order valence-electron chi connectivity index (χ4n) is 4.18. The highest BCUT2D eigenvalue weighted by Gasteiger charge is 2.28. The van der Waals surface area contributed by atoms with Gasteiger partial charge in [-0.25, -0.2) is 0 Å². The van der Waals surface area contributed by atoms with E-state index < -0.39 is 18.6 Å². The van der Waals surface area contributed by atoms with Gasteiger partial charge in [0.05, 0.1) is 6.61 Å². The molecule has 7 heteroatoms. The molecule has 2 N–H and O–H groups in total. The van der Waals surface area contributed by atoms with Crippen LogP contribution in [-0.4, -0.2) is 66.4 Å². The molecule has 0 saturated carbocycles. The second kappa shape index (κ2) is 11.0. The van der Waals surface area contributed by atoms with Crippen molar-refractivity contribution in [2.75, 3.05) is 37.7 Å². The van der Waals surface area contributed by atoms with Crippen molar-refractivity contribution >= 4 is 23.3 Å². The molecule has 2 amide bonds. The number of nitrogens with one attached hydrogen (secondary N) is 1. The zero-order valence-electron chi connectivity index (χ0n) is 19.7. The zero-order valence-corrected chi connectivity index (χ0v) is 19.7. The first-order chi connectivity index (χ1) is 17.0. The fourth-order valence-corrected chi connectivity index (χ4v) is 4.18. The quantitative estimate of drug-likeness (QED) is 0.517. The van der Waals surface area contributed by atoms with Crippen molar-refractivity contribution in [3.8, 4) is 11.1 Å². The highest BCUT2D eigenvalue weighted by Crippen LogP contribution is 2.20. The van der Waals surface area contributed by atoms with E-state index in [0.717, 1.165) is 16.8 Å². The van der Waals surface area contributed by atoms with E-state index in [1.165, 1.54) is 6.92 Å². The number of nitrogens with zero attached hydrogens (tertiary/aromatic N) is 2. The molecule has 3 aromatic carbocycles. The molecule has 0 spiro atoms. The first-order valence-corrected chi connectivity index (χ1v) is 11.7. The Labute approximate surface area is 205 Å². The Morgan fingerprint density at radius 3 is 1.94 bits per heavy atom. The second-order valence-electron chi connectivity index (χ2n) is 8.57. The van der Waals surface area contributed by atoms with E-state index in [1.807, 2.05) is 54.6 Å². The maximum absolute atomic E-state index is 13.0. The summed E-state index contributed by atoms with van der Waals surface area (Å²) < 4.78 is 0. The summed E-state index contributed by atoms with van der Waals surface area (Å²) in [5.41, 5.74) is 4.13. The molecule has 0 radical (unpaired) electrons. The van der Waals surface area contributed by atoms with E-state index in [0.29, 0.717) is 37.3 Å². The molecule has 180 valence electrons. The summed E-state index contributed by atoms with van der Waals surface area (Å²) in [5, 5.41) is 12.5. The van der Waals surface area contributed by atoms with Gasteiger partial charge in [-0.15, -0.1) is 0 Å². The van der Waals surface area contributed by atoms with Gasteiger partial charge in [0.2, 0.25) is 5.91 Å². The Bertz CT molecular complexity index is 1170. The molecule has 0 aliphatic carbocycles. The molecule has 1 saturated heterocycles. The van der Waals surface area contributed by atoms with Crippen LogP contribution in [0.1, 0.15) is 27.6 Å². The third kappa shape index (κ3) is 5.75. The van der Waals surface area contributed by atoms with Crippen molar-refractivity contribution in [3.05, 3.63) is 90.0 Å². The molecule has 35 heavy (non-hydrogen) atoms. The average molecular weight is 472 g/mol. The molecule has 4 rings (SSSR count). The Kier molecular flexibility index (Phi) is 7.57. The van der Waals surface area contributed by atoms with Gasteiger partial charge in [0, 0.05) is 43.0 Å². The molecule has 0 bridgehead atoms. The maximum atomic E-state index is 13.0. The van der Waals surface area contributed by atoms with Crippen LogP contribution in [0, 0.1) is 0 Å². The minimum Gasteiger partial charge on any atom is -0.394 e. The number of rotatable bonds is 7. The highest BCUT2D eigenvalue weighted by molar-refractivity contribution is 5.98. The maximum Gasteiger partial charge on any atom is 0.251 e. The first kappa shape index (κ1) is 24.2. The van der Waals surface area contributed by atoms with Crippen molar-refractivity contribution in [3.63, 3.8) is 0 Å². The van der Waals surface area contributed by atoms with E-state index in [2.05, 4.69) is 10.2 Å². The molecule has 0 aromatic heterocycles. The number of aliphatic hydroxyl groups is 1. The van der Waals surface area contributed by atoms with Gasteiger partial charge in [-0.05, 0) is 54.4 Å². The second-order valence-corrected chi connectivity index (χ2v) is 8.57. The minimum absolute atomic E-state index is 0.0243. The SMILES string of the molecule is CC(=O)c1ccc(N2CCN(C(=O)C(CO)NC(=O)c3ccc(-c4ccccc4)cc3)CC2)cc1. The van der Waals surface area contributed by atoms with Gasteiger partial charge in [0.15, 0.2) is 5.78 Å². The number of ketones is 1. The highest BCUT2D eigenvalue weighted by atomic mass is 16.3. The van der Waals surface area contributed by atoms with Crippen molar-refractivity contribution in [2.45, 2.75) is 13.0 Å². The van der Waals surface area contributed by atoms with Crippen LogP contribution in [0.4, 0.5) is 5.69 Å². The lowest BCUT2D eigenvalue weighted by Gasteiger charge is -2.37. The molecule has 3 aromatic rings. The smallest absolute Gasteiger partial charge is 0.251 e. The minimum atomic E-state index is -1.00. The summed E-state index contributed by atoms with van der Waals surface area (Å²) in [6, 6.07) is 23.4. The monoisotopic (exact) mass is 471 g/mol. The molecular weight excluding hydrogens is 442 g/mol. The van der Waals surface area contributed by atoms with Gasteiger partial charge in [-0.1, -0.05) is 42.5 Å². The number of amides is 2. The van der Waals surface area contributed by atoms with Crippen molar-refractivity contribution in [2.24, 2.45) is 0 Å². The Hall–Kier alpha value is -3.97. The number of carbonyl (C=O) groups is 3. The van der Waals surface area contributed by atoms with Gasteiger partial charge < -0.3 is 20.2 Å². The summed E-state index contributed by atoms with van der Waals surface area (Å²) in [4.78, 5) is 41.0. The van der Waals surface area contributed by atoms with Crippen LogP contribution in [-0.2, 0) is 4.79 Å². The predicted molar refractivity (Wildman–Crippen MR) is 135 cm³/mol. The lowest BCUT2D eigenvalue weighted by molar-refractivity contribution is -0.134. The van der Waals surface area contributed by atoms with Gasteiger partial charge in [0.1, 0.15) is 6.04 Å². The van der Waals surface area contributed by atoms with Crippen molar-refractivity contribution < 1.29 is 19.5 Å². The molecule has 1 aliphatic heterocycles. The van der Waals surface area contributed by atoms with E-state index in [-0.39, 0.29) is 11.7 Å². The number of carbonyl (C=O) groups excluding carboxylic acids is 3. The molecule has 1 fully saturated rings. The van der Waals surface area contributed by atoms with E-state index in [1.54, 1.807) is 29.2 Å². The molecule has 1 atom stereocenters. The molecule has 1 heterocycles. The fraction of sp³-hybridized carbons (Fsp3) is 0.250. The summed E-state index contributed by atoms with van der Waals surface area (Å²) in [6.45, 7) is 3.27. The number of piperazine rings is 1. The van der Waals surface area contributed by atoms with Crippen LogP contribution < -0.4 is 10.2 Å². The Morgan fingerprint density at radius 2 is 1.37 bits per heavy atom. The number of anilines is 1. The van der Waals surface area contributed by atoms with Gasteiger partial charge in [-0.2, -0.15) is 0 Å². The van der Waals surface area contributed by atoms with Crippen LogP contribution in [0.3, 0.4) is 0 Å². The zero-order chi connectivity index (χ0) is 24.8. The Morgan fingerprint density at radius 1 is 0.800 bits per heavy atom. The third-order valence-electron chi connectivity index (χ3n) is 6.27. The molecule has 7 nitrogen and oxygen atoms in total. The lowest BCUT2D eigenvalue weighted by atomic mass is 10.0. The molecule has 1 aliphatic rings. The summed E-state index contributed by atoms with van der Waals surface area (Å²) in [6.07, 6.45) is 0. The van der Waals surface area contributed by atoms with Gasteiger partial charge in [-0.3, -0.25) is 14.4 Å². The van der Waals surface area contributed by atoms with Crippen LogP contribution in [0.2, 0.25) is 0 Å². The summed E-state index contributed by atoms with van der Waals surface area (Å²) in [7, 11) is 0. The summed E-state index contributed by atoms with van der Waals surface area (Å²) >= 11 is 0. The molecule has 1 unspecified atom stereocenters. The number of hydrogen-bond acceptors (Lipinski definition) is 5. The third-order valence-corrected chi connectivity index (χ3v) is 6.27. The summed E-state index contributed by atoms with van der Waals surface area (Å²) in [5.74, 6) is -0.675. The average Bonchev–Trinajstić information content (AvgIpc) is 2.92. The van der Waals surface area contributed by atoms with Gasteiger partial charge >= 0.3 is 0 Å². The normalized spacial score (nSPS) is 14.3. The van der Waals surface area contributed by atoms with E-state index in [9.17, 15) is 19.5 Å². The Balaban J connectivity index is 1.33. The number of Topliss-reactive ketones (excluding diaryl/α,β-unsaturated/α-hetero) is 1. The number of aliphatic hydroxyl groups excluding tert-OH is 1. The number of hydrogen-bond donors (Lipinski definition) is 2. The largest absolute Gasteiger partial charge is 0.394 e. The lowest BCUT2D eigenvalue weighted by Crippen LogP contribution is -2.56. The van der Waals surface area contributed by atoms with Crippen LogP contribution in [0.25, 0.3) is 11.1 Å². The van der Waals surface area contributed by atoms with Crippen molar-refractivity contribution in [1.29, 1.82) is 0 Å². The molecular formula is C28H29N3O4.